The molecule has 0 spiro atoms. The SMILES string of the molecule is N#C/C(=C/c1cn(CC(=O)Nc2ccc(Cl)cc2)c2ccccc12)c1ccccc1F. The van der Waals surface area contributed by atoms with Gasteiger partial charge in [-0.15, -0.1) is 0 Å². The number of allylic oxidation sites excluding steroid dienone is 1. The molecule has 0 saturated heterocycles. The molecule has 0 fully saturated rings. The Morgan fingerprint density at radius 1 is 1.06 bits per heavy atom. The van der Waals surface area contributed by atoms with Crippen LogP contribution in [0.15, 0.2) is 79.0 Å². The Morgan fingerprint density at radius 3 is 2.52 bits per heavy atom. The van der Waals surface area contributed by atoms with Crippen LogP contribution in [0.4, 0.5) is 10.1 Å². The first-order valence-electron chi connectivity index (χ1n) is 9.55. The van der Waals surface area contributed by atoms with E-state index in [1.807, 2.05) is 28.8 Å². The molecule has 0 aliphatic carbocycles. The molecule has 1 N–H and O–H groups in total. The molecule has 0 radical (unpaired) electrons. The second-order valence-corrected chi connectivity index (χ2v) is 7.37. The molecule has 1 amide bonds. The van der Waals surface area contributed by atoms with Crippen LogP contribution < -0.4 is 5.32 Å². The molecule has 4 aromatic rings. The van der Waals surface area contributed by atoms with Crippen LogP contribution in [0.25, 0.3) is 22.6 Å². The van der Waals surface area contributed by atoms with Crippen molar-refractivity contribution in [1.29, 1.82) is 5.26 Å². The lowest BCUT2D eigenvalue weighted by molar-refractivity contribution is -0.116. The van der Waals surface area contributed by atoms with Gasteiger partial charge < -0.3 is 9.88 Å². The first-order chi connectivity index (χ1) is 15.0. The third-order valence-corrected chi connectivity index (χ3v) is 5.10. The van der Waals surface area contributed by atoms with Gasteiger partial charge >= 0.3 is 0 Å². The average molecular weight is 430 g/mol. The van der Waals surface area contributed by atoms with E-state index in [4.69, 9.17) is 11.6 Å². The number of aromatic nitrogens is 1. The monoisotopic (exact) mass is 429 g/mol. The van der Waals surface area contributed by atoms with Gasteiger partial charge in [0.15, 0.2) is 0 Å². The highest BCUT2D eigenvalue weighted by molar-refractivity contribution is 6.30. The van der Waals surface area contributed by atoms with Crippen LogP contribution in [0.3, 0.4) is 0 Å². The zero-order valence-corrected chi connectivity index (χ0v) is 17.1. The minimum atomic E-state index is -0.457. The van der Waals surface area contributed by atoms with E-state index in [1.165, 1.54) is 6.07 Å². The van der Waals surface area contributed by atoms with Crippen molar-refractivity contribution >= 4 is 45.7 Å². The molecule has 6 heteroatoms. The van der Waals surface area contributed by atoms with Gasteiger partial charge in [-0.05, 0) is 42.5 Å². The van der Waals surface area contributed by atoms with Crippen LogP contribution in [0.5, 0.6) is 0 Å². The first-order valence-corrected chi connectivity index (χ1v) is 9.93. The topological polar surface area (TPSA) is 57.8 Å². The second-order valence-electron chi connectivity index (χ2n) is 6.93. The number of hydrogen-bond acceptors (Lipinski definition) is 2. The molecule has 0 bridgehead atoms. The van der Waals surface area contributed by atoms with E-state index in [1.54, 1.807) is 54.7 Å². The number of hydrogen-bond donors (Lipinski definition) is 1. The molecular weight excluding hydrogens is 413 g/mol. The van der Waals surface area contributed by atoms with Gasteiger partial charge in [0.2, 0.25) is 5.91 Å². The Bertz CT molecular complexity index is 1330. The summed E-state index contributed by atoms with van der Waals surface area (Å²) in [5.41, 5.74) is 2.67. The summed E-state index contributed by atoms with van der Waals surface area (Å²) in [4.78, 5) is 12.6. The van der Waals surface area contributed by atoms with Gasteiger partial charge in [-0.3, -0.25) is 4.79 Å². The zero-order valence-electron chi connectivity index (χ0n) is 16.3. The van der Waals surface area contributed by atoms with Crippen LogP contribution >= 0.6 is 11.6 Å². The molecule has 0 atom stereocenters. The normalized spacial score (nSPS) is 11.3. The maximum absolute atomic E-state index is 14.2. The fraction of sp³-hybridized carbons (Fsp3) is 0.0400. The molecule has 1 heterocycles. The van der Waals surface area contributed by atoms with Gasteiger partial charge in [0, 0.05) is 38.9 Å². The summed E-state index contributed by atoms with van der Waals surface area (Å²) in [6, 6.07) is 22.7. The number of nitriles is 1. The van der Waals surface area contributed by atoms with Crippen LogP contribution in [-0.4, -0.2) is 10.5 Å². The first kappa shape index (κ1) is 20.4. The molecule has 0 saturated carbocycles. The Labute approximate surface area is 183 Å². The largest absolute Gasteiger partial charge is 0.337 e. The highest BCUT2D eigenvalue weighted by Gasteiger charge is 2.13. The fourth-order valence-electron chi connectivity index (χ4n) is 3.41. The molecule has 152 valence electrons. The van der Waals surface area contributed by atoms with Gasteiger partial charge in [-0.25, -0.2) is 4.39 Å². The van der Waals surface area contributed by atoms with Crippen LogP contribution in [0, 0.1) is 17.1 Å². The van der Waals surface area contributed by atoms with Crippen molar-refractivity contribution in [3.8, 4) is 6.07 Å². The summed E-state index contributed by atoms with van der Waals surface area (Å²) >= 11 is 5.88. The molecule has 4 rings (SSSR count). The van der Waals surface area contributed by atoms with E-state index >= 15 is 0 Å². The highest BCUT2D eigenvalue weighted by Crippen LogP contribution is 2.27. The van der Waals surface area contributed by atoms with Crippen molar-refractivity contribution < 1.29 is 9.18 Å². The summed E-state index contributed by atoms with van der Waals surface area (Å²) in [5, 5.41) is 13.9. The van der Waals surface area contributed by atoms with Gasteiger partial charge in [-0.2, -0.15) is 5.26 Å². The number of nitrogens with zero attached hydrogens (tertiary/aromatic N) is 2. The summed E-state index contributed by atoms with van der Waals surface area (Å²) in [6.45, 7) is 0.0819. The number of carbonyl (C=O) groups is 1. The zero-order chi connectivity index (χ0) is 21.8. The molecule has 0 aliphatic rings. The van der Waals surface area contributed by atoms with Gasteiger partial charge in [0.05, 0.1) is 11.6 Å². The molecule has 1 aromatic heterocycles. The number of anilines is 1. The predicted molar refractivity (Wildman–Crippen MR) is 122 cm³/mol. The lowest BCUT2D eigenvalue weighted by atomic mass is 10.0. The number of benzene rings is 3. The van der Waals surface area contributed by atoms with E-state index in [9.17, 15) is 14.4 Å². The minimum Gasteiger partial charge on any atom is -0.337 e. The van der Waals surface area contributed by atoms with Crippen LogP contribution in [0.2, 0.25) is 5.02 Å². The Morgan fingerprint density at radius 2 is 1.77 bits per heavy atom. The molecular formula is C25H17ClFN3O. The number of para-hydroxylation sites is 1. The number of rotatable bonds is 5. The van der Waals surface area contributed by atoms with Gasteiger partial charge in [0.25, 0.3) is 0 Å². The Kier molecular flexibility index (Phi) is 5.83. The van der Waals surface area contributed by atoms with E-state index in [0.29, 0.717) is 10.7 Å². The van der Waals surface area contributed by atoms with Crippen molar-refractivity contribution in [1.82, 2.24) is 4.57 Å². The average Bonchev–Trinajstić information content (AvgIpc) is 3.11. The van der Waals surface area contributed by atoms with Crippen molar-refractivity contribution in [3.63, 3.8) is 0 Å². The van der Waals surface area contributed by atoms with E-state index < -0.39 is 5.82 Å². The van der Waals surface area contributed by atoms with Gasteiger partial charge in [-0.1, -0.05) is 48.0 Å². The maximum atomic E-state index is 14.2. The van der Waals surface area contributed by atoms with E-state index in [0.717, 1.165) is 16.5 Å². The van der Waals surface area contributed by atoms with Crippen molar-refractivity contribution in [2.45, 2.75) is 6.54 Å². The highest BCUT2D eigenvalue weighted by atomic mass is 35.5. The summed E-state index contributed by atoms with van der Waals surface area (Å²) in [5.74, 6) is -0.658. The lowest BCUT2D eigenvalue weighted by Gasteiger charge is -2.07. The van der Waals surface area contributed by atoms with Gasteiger partial charge in [0.1, 0.15) is 12.4 Å². The smallest absolute Gasteiger partial charge is 0.244 e. The fourth-order valence-corrected chi connectivity index (χ4v) is 3.54. The number of fused-ring (bicyclic) bond motifs is 1. The molecule has 31 heavy (non-hydrogen) atoms. The quantitative estimate of drug-likeness (QED) is 0.387. The number of nitrogens with one attached hydrogen (secondary N) is 1. The summed E-state index contributed by atoms with van der Waals surface area (Å²) in [6.07, 6.45) is 3.44. The third kappa shape index (κ3) is 4.50. The standard InChI is InChI=1S/C25H17ClFN3O/c26-19-9-11-20(12-10-19)29-25(31)16-30-15-18(22-6-2-4-8-24(22)30)13-17(14-28)21-5-1-3-7-23(21)27/h1-13,15H,16H2,(H,29,31)/b17-13-. The Balaban J connectivity index is 1.67. The molecule has 3 aromatic carbocycles. The van der Waals surface area contributed by atoms with E-state index in [2.05, 4.69) is 11.4 Å². The summed E-state index contributed by atoms with van der Waals surface area (Å²) < 4.78 is 16.0. The lowest BCUT2D eigenvalue weighted by Crippen LogP contribution is -2.18. The van der Waals surface area contributed by atoms with Crippen molar-refractivity contribution in [2.24, 2.45) is 0 Å². The summed E-state index contributed by atoms with van der Waals surface area (Å²) in [7, 11) is 0. The number of carbonyl (C=O) groups excluding carboxylic acids is 1. The molecule has 0 aliphatic heterocycles. The Hall–Kier alpha value is -3.88. The minimum absolute atomic E-state index is 0.0819. The van der Waals surface area contributed by atoms with Crippen LogP contribution in [-0.2, 0) is 11.3 Å². The predicted octanol–water partition coefficient (Wildman–Crippen LogP) is 6.14. The van der Waals surface area contributed by atoms with Crippen molar-refractivity contribution in [3.05, 3.63) is 101 Å². The number of halogens is 2. The third-order valence-electron chi connectivity index (χ3n) is 4.85. The van der Waals surface area contributed by atoms with E-state index in [-0.39, 0.29) is 23.6 Å². The molecule has 0 unspecified atom stereocenters. The number of amides is 1. The molecule has 4 nitrogen and oxygen atoms in total. The van der Waals surface area contributed by atoms with Crippen LogP contribution in [0.1, 0.15) is 11.1 Å². The van der Waals surface area contributed by atoms with Crippen molar-refractivity contribution in [2.75, 3.05) is 5.32 Å². The second kappa shape index (κ2) is 8.86. The maximum Gasteiger partial charge on any atom is 0.244 e.